The average molecular weight is 418 g/mol. The van der Waals surface area contributed by atoms with Crippen LogP contribution in [0, 0.1) is 0 Å². The number of aliphatic carboxylic acids is 1. The first-order valence-corrected chi connectivity index (χ1v) is 10.1. The SMILES string of the molecule is COc1cc(OC)c(OC)cc1/C=C(\SCC(=O)O)c1nc2ccccc2s1. The number of aromatic nitrogens is 1. The number of benzene rings is 2. The molecular weight excluding hydrogens is 398 g/mol. The molecule has 0 aliphatic carbocycles. The Morgan fingerprint density at radius 3 is 2.43 bits per heavy atom. The minimum absolute atomic E-state index is 0.0721. The van der Waals surface area contributed by atoms with E-state index in [9.17, 15) is 4.79 Å². The molecule has 0 aliphatic heterocycles. The number of para-hydroxylation sites is 1. The molecule has 3 aromatic rings. The Balaban J connectivity index is 2.11. The average Bonchev–Trinajstić information content (AvgIpc) is 3.14. The molecule has 3 rings (SSSR count). The number of rotatable bonds is 8. The lowest BCUT2D eigenvalue weighted by Crippen LogP contribution is -1.98. The van der Waals surface area contributed by atoms with E-state index in [-0.39, 0.29) is 5.75 Å². The largest absolute Gasteiger partial charge is 0.496 e. The summed E-state index contributed by atoms with van der Waals surface area (Å²) in [6, 6.07) is 11.3. The van der Waals surface area contributed by atoms with Gasteiger partial charge in [-0.25, -0.2) is 4.98 Å². The quantitative estimate of drug-likeness (QED) is 0.572. The highest BCUT2D eigenvalue weighted by molar-refractivity contribution is 8.09. The zero-order valence-electron chi connectivity index (χ0n) is 15.6. The van der Waals surface area contributed by atoms with Gasteiger partial charge in [0.05, 0.1) is 37.3 Å². The molecule has 0 aliphatic rings. The van der Waals surface area contributed by atoms with Gasteiger partial charge in [-0.1, -0.05) is 12.1 Å². The minimum Gasteiger partial charge on any atom is -0.496 e. The van der Waals surface area contributed by atoms with Gasteiger partial charge in [-0.15, -0.1) is 23.1 Å². The van der Waals surface area contributed by atoms with Gasteiger partial charge in [0.2, 0.25) is 0 Å². The van der Waals surface area contributed by atoms with Crippen molar-refractivity contribution >= 4 is 50.3 Å². The summed E-state index contributed by atoms with van der Waals surface area (Å²) in [5.41, 5.74) is 1.62. The van der Waals surface area contributed by atoms with Crippen LogP contribution in [0.1, 0.15) is 10.6 Å². The molecule has 0 unspecified atom stereocenters. The molecule has 0 amide bonds. The van der Waals surface area contributed by atoms with E-state index in [4.69, 9.17) is 19.3 Å². The summed E-state index contributed by atoms with van der Waals surface area (Å²) in [5, 5.41) is 9.89. The van der Waals surface area contributed by atoms with Crippen LogP contribution in [0.3, 0.4) is 0 Å². The summed E-state index contributed by atoms with van der Waals surface area (Å²) in [4.78, 5) is 16.5. The number of hydrogen-bond donors (Lipinski definition) is 1. The molecule has 28 heavy (non-hydrogen) atoms. The van der Waals surface area contributed by atoms with Gasteiger partial charge >= 0.3 is 5.97 Å². The van der Waals surface area contributed by atoms with E-state index in [0.717, 1.165) is 25.7 Å². The third-order valence-electron chi connectivity index (χ3n) is 3.88. The molecule has 1 aromatic heterocycles. The van der Waals surface area contributed by atoms with Crippen LogP contribution < -0.4 is 14.2 Å². The maximum Gasteiger partial charge on any atom is 0.313 e. The van der Waals surface area contributed by atoms with Crippen molar-refractivity contribution in [3.63, 3.8) is 0 Å². The maximum absolute atomic E-state index is 11.1. The highest BCUT2D eigenvalue weighted by Gasteiger charge is 2.15. The molecule has 1 N–H and O–H groups in total. The summed E-state index contributed by atoms with van der Waals surface area (Å²) < 4.78 is 17.2. The Bertz CT molecular complexity index is 996. The number of nitrogens with zero attached hydrogens (tertiary/aromatic N) is 1. The summed E-state index contributed by atoms with van der Waals surface area (Å²) in [5.74, 6) is 0.735. The van der Waals surface area contributed by atoms with Crippen molar-refractivity contribution in [1.29, 1.82) is 0 Å². The standard InChI is InChI=1S/C20H19NO5S2/c1-24-14-10-16(26-3)15(25-2)8-12(14)9-18(27-11-19(22)23)20-21-13-6-4-5-7-17(13)28-20/h4-10H,11H2,1-3H3,(H,22,23)/b18-9-. The Morgan fingerprint density at radius 2 is 1.79 bits per heavy atom. The third kappa shape index (κ3) is 4.40. The first-order valence-electron chi connectivity index (χ1n) is 8.28. The molecule has 0 saturated carbocycles. The van der Waals surface area contributed by atoms with Crippen LogP contribution in [0.15, 0.2) is 36.4 Å². The number of hydrogen-bond acceptors (Lipinski definition) is 7. The van der Waals surface area contributed by atoms with E-state index < -0.39 is 5.97 Å². The van der Waals surface area contributed by atoms with Gasteiger partial charge < -0.3 is 19.3 Å². The lowest BCUT2D eigenvalue weighted by atomic mass is 10.1. The van der Waals surface area contributed by atoms with Gasteiger partial charge in [0.1, 0.15) is 10.8 Å². The smallest absolute Gasteiger partial charge is 0.313 e. The Kier molecular flexibility index (Phi) is 6.43. The second-order valence-corrected chi connectivity index (χ2v) is 7.67. The van der Waals surface area contributed by atoms with Gasteiger partial charge in [0.25, 0.3) is 0 Å². The number of carboxylic acids is 1. The van der Waals surface area contributed by atoms with Gasteiger partial charge in [0, 0.05) is 16.5 Å². The second-order valence-electron chi connectivity index (χ2n) is 5.63. The third-order valence-corrected chi connectivity index (χ3v) is 6.09. The molecule has 6 nitrogen and oxygen atoms in total. The van der Waals surface area contributed by atoms with Crippen molar-refractivity contribution in [2.24, 2.45) is 0 Å². The van der Waals surface area contributed by atoms with Crippen molar-refractivity contribution in [3.05, 3.63) is 47.0 Å². The van der Waals surface area contributed by atoms with Crippen molar-refractivity contribution in [3.8, 4) is 17.2 Å². The fourth-order valence-electron chi connectivity index (χ4n) is 2.59. The predicted octanol–water partition coefficient (Wildman–Crippen LogP) is 4.64. The molecule has 146 valence electrons. The van der Waals surface area contributed by atoms with Crippen molar-refractivity contribution < 1.29 is 24.1 Å². The van der Waals surface area contributed by atoms with E-state index in [1.165, 1.54) is 23.1 Å². The van der Waals surface area contributed by atoms with Gasteiger partial charge in [-0.3, -0.25) is 4.79 Å². The molecule has 0 radical (unpaired) electrons. The van der Waals surface area contributed by atoms with Crippen LogP contribution >= 0.6 is 23.1 Å². The second kappa shape index (κ2) is 8.99. The number of carboxylic acid groups (broad SMARTS) is 1. The highest BCUT2D eigenvalue weighted by atomic mass is 32.2. The Morgan fingerprint density at radius 1 is 1.11 bits per heavy atom. The van der Waals surface area contributed by atoms with Crippen molar-refractivity contribution in [2.45, 2.75) is 0 Å². The number of thioether (sulfide) groups is 1. The fourth-order valence-corrected chi connectivity index (χ4v) is 4.43. The van der Waals surface area contributed by atoms with Crippen molar-refractivity contribution in [1.82, 2.24) is 4.98 Å². The maximum atomic E-state index is 11.1. The number of methoxy groups -OCH3 is 3. The predicted molar refractivity (Wildman–Crippen MR) is 114 cm³/mol. The van der Waals surface area contributed by atoms with E-state index in [0.29, 0.717) is 17.2 Å². The van der Waals surface area contributed by atoms with Gasteiger partial charge in [-0.05, 0) is 24.3 Å². The van der Waals surface area contributed by atoms with Crippen LogP contribution in [0.2, 0.25) is 0 Å². The van der Waals surface area contributed by atoms with Crippen LogP contribution in [-0.2, 0) is 4.79 Å². The zero-order chi connectivity index (χ0) is 20.1. The van der Waals surface area contributed by atoms with Crippen LogP contribution in [-0.4, -0.2) is 43.1 Å². The molecule has 0 fully saturated rings. The number of fused-ring (bicyclic) bond motifs is 1. The Labute approximate surface area is 170 Å². The molecule has 1 heterocycles. The molecule has 0 saturated heterocycles. The first kappa shape index (κ1) is 20.0. The molecule has 8 heteroatoms. The zero-order valence-corrected chi connectivity index (χ0v) is 17.2. The monoisotopic (exact) mass is 417 g/mol. The normalized spacial score (nSPS) is 11.5. The molecular formula is C20H19NO5S2. The summed E-state index contributed by atoms with van der Waals surface area (Å²) in [6.07, 6.45) is 1.87. The number of ether oxygens (including phenoxy) is 3. The van der Waals surface area contributed by atoms with E-state index in [2.05, 4.69) is 4.98 Å². The van der Waals surface area contributed by atoms with Crippen LogP contribution in [0.25, 0.3) is 21.2 Å². The van der Waals surface area contributed by atoms with Gasteiger partial charge in [0.15, 0.2) is 11.5 Å². The van der Waals surface area contributed by atoms with Crippen LogP contribution in [0.4, 0.5) is 0 Å². The lowest BCUT2D eigenvalue weighted by molar-refractivity contribution is -0.133. The summed E-state index contributed by atoms with van der Waals surface area (Å²) in [7, 11) is 4.69. The van der Waals surface area contributed by atoms with Crippen LogP contribution in [0.5, 0.6) is 17.2 Å². The van der Waals surface area contributed by atoms with Gasteiger partial charge in [-0.2, -0.15) is 0 Å². The first-order chi connectivity index (χ1) is 13.5. The molecule has 0 spiro atoms. The number of thiazole rings is 1. The van der Waals surface area contributed by atoms with E-state index >= 15 is 0 Å². The Hall–Kier alpha value is -2.71. The molecule has 2 aromatic carbocycles. The summed E-state index contributed by atoms with van der Waals surface area (Å²) >= 11 is 2.73. The van der Waals surface area contributed by atoms with E-state index in [1.54, 1.807) is 33.5 Å². The fraction of sp³-hybridized carbons (Fsp3) is 0.200. The van der Waals surface area contributed by atoms with E-state index in [1.807, 2.05) is 30.3 Å². The van der Waals surface area contributed by atoms with Crippen molar-refractivity contribution in [2.75, 3.05) is 27.1 Å². The topological polar surface area (TPSA) is 77.9 Å². The lowest BCUT2D eigenvalue weighted by Gasteiger charge is -2.13. The number of carbonyl (C=O) groups is 1. The molecule has 0 bridgehead atoms. The highest BCUT2D eigenvalue weighted by Crippen LogP contribution is 2.40. The minimum atomic E-state index is -0.892. The molecule has 0 atom stereocenters. The summed E-state index contributed by atoms with van der Waals surface area (Å²) in [6.45, 7) is 0.